The van der Waals surface area contributed by atoms with Gasteiger partial charge in [0.25, 0.3) is 0 Å². The van der Waals surface area contributed by atoms with Crippen molar-refractivity contribution in [2.24, 2.45) is 0 Å². The van der Waals surface area contributed by atoms with Gasteiger partial charge in [-0.05, 0) is 0 Å². The Hall–Kier alpha value is 0.479. The summed E-state index contributed by atoms with van der Waals surface area (Å²) in [4.78, 5) is 0.797. The van der Waals surface area contributed by atoms with Crippen molar-refractivity contribution in [1.82, 2.24) is 0 Å². The first-order valence-corrected chi connectivity index (χ1v) is 4.23. The van der Waals surface area contributed by atoms with Crippen LogP contribution in [0, 0.1) is 0 Å². The molecule has 1 saturated carbocycles. The second-order valence-electron chi connectivity index (χ2n) is 2.46. The van der Waals surface area contributed by atoms with E-state index in [1.54, 1.807) is 0 Å². The van der Waals surface area contributed by atoms with E-state index in [-0.39, 0.29) is 6.10 Å². The van der Waals surface area contributed by atoms with Crippen molar-refractivity contribution in [3.8, 4) is 0 Å². The molecule has 8 heavy (non-hydrogen) atoms. The first-order valence-electron chi connectivity index (χ1n) is 3.15. The van der Waals surface area contributed by atoms with Crippen LogP contribution in [0.25, 0.3) is 0 Å². The van der Waals surface area contributed by atoms with Gasteiger partial charge in [0.1, 0.15) is 0 Å². The van der Waals surface area contributed by atoms with Crippen molar-refractivity contribution in [3.05, 3.63) is 0 Å². The normalized spacial score (nSPS) is 39.8. The van der Waals surface area contributed by atoms with Gasteiger partial charge in [-0.25, -0.2) is 0 Å². The van der Waals surface area contributed by atoms with Crippen LogP contribution in [0.5, 0.6) is 0 Å². The summed E-state index contributed by atoms with van der Waals surface area (Å²) < 4.78 is 0. The van der Waals surface area contributed by atoms with E-state index in [2.05, 4.69) is 16.0 Å². The van der Waals surface area contributed by atoms with Crippen molar-refractivity contribution in [2.45, 2.75) is 36.6 Å². The molecule has 2 heteroatoms. The summed E-state index contributed by atoms with van der Waals surface area (Å²) in [7, 11) is 0. The van der Waals surface area contributed by atoms with Crippen molar-refractivity contribution in [3.63, 3.8) is 0 Å². The minimum absolute atomic E-state index is 0.00963. The van der Waals surface area contributed by atoms with Crippen LogP contribution in [0.3, 0.4) is 0 Å². The van der Waals surface area contributed by atoms with Gasteiger partial charge in [0.2, 0.25) is 0 Å². The molecule has 1 aliphatic carbocycles. The number of hydrogen-bond donors (Lipinski definition) is 1. The van der Waals surface area contributed by atoms with Gasteiger partial charge in [-0.2, -0.15) is 0 Å². The maximum atomic E-state index is 9.02. The Morgan fingerprint density at radius 1 is 1.12 bits per heavy atom. The maximum absolute atomic E-state index is 9.02. The summed E-state index contributed by atoms with van der Waals surface area (Å²) in [6.45, 7) is 0. The van der Waals surface area contributed by atoms with E-state index in [0.717, 1.165) is 17.7 Å². The van der Waals surface area contributed by atoms with E-state index in [9.17, 15) is 0 Å². The first-order chi connectivity index (χ1) is 3.79. The third-order valence-electron chi connectivity index (χ3n) is 1.67. The zero-order valence-electron chi connectivity index (χ0n) is 4.88. The summed E-state index contributed by atoms with van der Waals surface area (Å²) in [6, 6.07) is 0. The predicted molar refractivity (Wildman–Crippen MR) is 35.4 cm³/mol. The van der Waals surface area contributed by atoms with Crippen molar-refractivity contribution < 1.29 is 5.11 Å². The van der Waals surface area contributed by atoms with E-state index in [4.69, 9.17) is 5.11 Å². The third kappa shape index (κ3) is 1.77. The quantitative estimate of drug-likeness (QED) is 0.540. The Labute approximate surface area is 58.3 Å². The van der Waals surface area contributed by atoms with E-state index >= 15 is 0 Å². The fourth-order valence-electron chi connectivity index (χ4n) is 1.06. The van der Waals surface area contributed by atoms with Crippen LogP contribution in [0.1, 0.15) is 25.7 Å². The van der Waals surface area contributed by atoms with Gasteiger partial charge < -0.3 is 0 Å². The van der Waals surface area contributed by atoms with Crippen LogP contribution in [0.2, 0.25) is 4.82 Å². The molecule has 0 atom stereocenters. The summed E-state index contributed by atoms with van der Waals surface area (Å²) in [5.74, 6) is 0. The first kappa shape index (κ1) is 6.60. The molecule has 0 bridgehead atoms. The van der Waals surface area contributed by atoms with Crippen LogP contribution < -0.4 is 0 Å². The molecular formula is C6H12OSe. The molecule has 1 nitrogen and oxygen atoms in total. The summed E-state index contributed by atoms with van der Waals surface area (Å²) in [5.41, 5.74) is 0. The van der Waals surface area contributed by atoms with Gasteiger partial charge in [0.05, 0.1) is 0 Å². The van der Waals surface area contributed by atoms with Crippen LogP contribution in [-0.2, 0) is 0 Å². The van der Waals surface area contributed by atoms with Crippen LogP contribution in [0.4, 0.5) is 0 Å². The van der Waals surface area contributed by atoms with E-state index in [0.29, 0.717) is 0 Å². The predicted octanol–water partition coefficient (Wildman–Crippen LogP) is 0.611. The van der Waals surface area contributed by atoms with Gasteiger partial charge in [-0.3, -0.25) is 0 Å². The van der Waals surface area contributed by atoms with Gasteiger partial charge in [0.15, 0.2) is 0 Å². The van der Waals surface area contributed by atoms with Crippen molar-refractivity contribution in [2.75, 3.05) is 0 Å². The average Bonchev–Trinajstić information content (AvgIpc) is 1.77. The monoisotopic (exact) mass is 180 g/mol. The molecule has 0 heterocycles. The molecule has 1 rings (SSSR count). The SMILES string of the molecule is OC1CCC([SeH])CC1. The summed E-state index contributed by atoms with van der Waals surface area (Å²) >= 11 is 2.67. The molecule has 1 fully saturated rings. The molecule has 1 aliphatic rings. The van der Waals surface area contributed by atoms with Gasteiger partial charge in [-0.1, -0.05) is 0 Å². The zero-order chi connectivity index (χ0) is 5.98. The van der Waals surface area contributed by atoms with E-state index < -0.39 is 0 Å². The summed E-state index contributed by atoms with van der Waals surface area (Å²) in [5, 5.41) is 9.02. The second kappa shape index (κ2) is 2.86. The van der Waals surface area contributed by atoms with E-state index in [1.165, 1.54) is 12.8 Å². The average molecular weight is 179 g/mol. The van der Waals surface area contributed by atoms with Gasteiger partial charge in [-0.15, -0.1) is 0 Å². The number of aliphatic hydroxyl groups is 1. The molecule has 0 aliphatic heterocycles. The fourth-order valence-corrected chi connectivity index (χ4v) is 1.68. The van der Waals surface area contributed by atoms with Crippen molar-refractivity contribution in [1.29, 1.82) is 0 Å². The molecule has 1 N–H and O–H groups in total. The molecule has 0 spiro atoms. The summed E-state index contributed by atoms with van der Waals surface area (Å²) in [6.07, 6.45) is 4.43. The Morgan fingerprint density at radius 2 is 1.62 bits per heavy atom. The molecule has 0 aromatic rings. The van der Waals surface area contributed by atoms with Crippen LogP contribution in [0.15, 0.2) is 0 Å². The van der Waals surface area contributed by atoms with Crippen LogP contribution in [-0.4, -0.2) is 27.2 Å². The minimum atomic E-state index is 0.00963. The molecule has 0 saturated heterocycles. The van der Waals surface area contributed by atoms with Gasteiger partial charge >= 0.3 is 57.7 Å². The zero-order valence-corrected chi connectivity index (χ0v) is 6.75. The van der Waals surface area contributed by atoms with Gasteiger partial charge in [0, 0.05) is 0 Å². The standard InChI is InChI=1S/C6H12OSe/c7-5-1-3-6(8)4-2-5/h5-8H,1-4H2. The number of rotatable bonds is 0. The molecule has 0 unspecified atom stereocenters. The molecule has 0 aromatic heterocycles. The molecule has 0 aromatic carbocycles. The Bertz CT molecular complexity index is 56.9. The molecule has 0 radical (unpaired) electrons. The fraction of sp³-hybridized carbons (Fsp3) is 1.00. The van der Waals surface area contributed by atoms with Crippen molar-refractivity contribution >= 4 is 16.0 Å². The Morgan fingerprint density at radius 3 is 2.00 bits per heavy atom. The van der Waals surface area contributed by atoms with Crippen LogP contribution >= 0.6 is 0 Å². The topological polar surface area (TPSA) is 20.2 Å². The number of hydrogen-bond acceptors (Lipinski definition) is 1. The molecular weight excluding hydrogens is 167 g/mol. The Balaban J connectivity index is 2.19. The number of aliphatic hydroxyl groups excluding tert-OH is 1. The molecule has 48 valence electrons. The second-order valence-corrected chi connectivity index (χ2v) is 3.99. The molecule has 0 amide bonds. The van der Waals surface area contributed by atoms with E-state index in [1.807, 2.05) is 0 Å². The third-order valence-corrected chi connectivity index (χ3v) is 2.75. The Kier molecular flexibility index (Phi) is 2.36.